The van der Waals surface area contributed by atoms with Gasteiger partial charge in [0.05, 0.1) is 26.6 Å². The summed E-state index contributed by atoms with van der Waals surface area (Å²) in [6.45, 7) is 0. The van der Waals surface area contributed by atoms with E-state index in [0.29, 0.717) is 6.20 Å². The lowest BCUT2D eigenvalue weighted by atomic mass is 10.2. The van der Waals surface area contributed by atoms with Crippen molar-refractivity contribution in [1.29, 1.82) is 0 Å². The molecule has 0 aliphatic heterocycles. The van der Waals surface area contributed by atoms with Crippen molar-refractivity contribution in [1.82, 2.24) is 5.32 Å². The van der Waals surface area contributed by atoms with Gasteiger partial charge in [0, 0.05) is 12.1 Å². The first-order chi connectivity index (χ1) is 8.41. The zero-order valence-electron chi connectivity index (χ0n) is 8.70. The lowest BCUT2D eigenvalue weighted by molar-refractivity contribution is -0.402. The lowest BCUT2D eigenvalue weighted by Crippen LogP contribution is -2.18. The monoisotopic (exact) mass is 271 g/mol. The normalized spacial score (nSPS) is 10.3. The second kappa shape index (κ2) is 5.73. The molecule has 1 N–H and O–H groups in total. The van der Waals surface area contributed by atoms with Gasteiger partial charge in [-0.15, -0.1) is 0 Å². The minimum atomic E-state index is -0.776. The summed E-state index contributed by atoms with van der Waals surface area (Å²) in [6, 6.07) is 3.33. The Hall–Kier alpha value is -2.48. The number of nitro groups is 2. The Bertz CT molecular complexity index is 543. The second-order valence-electron chi connectivity index (χ2n) is 3.00. The minimum Gasteiger partial charge on any atom is -0.323 e. The van der Waals surface area contributed by atoms with Crippen LogP contribution in [-0.2, 0) is 0 Å². The Kier molecular flexibility index (Phi) is 4.33. The van der Waals surface area contributed by atoms with E-state index in [9.17, 15) is 25.0 Å². The summed E-state index contributed by atoms with van der Waals surface area (Å²) >= 11 is 5.70. The quantitative estimate of drug-likeness (QED) is 0.661. The van der Waals surface area contributed by atoms with E-state index in [4.69, 9.17) is 11.6 Å². The van der Waals surface area contributed by atoms with Crippen molar-refractivity contribution in [3.8, 4) is 0 Å². The van der Waals surface area contributed by atoms with Crippen LogP contribution in [0.5, 0.6) is 0 Å². The molecule has 0 heterocycles. The van der Waals surface area contributed by atoms with Gasteiger partial charge in [0.25, 0.3) is 11.6 Å². The molecule has 94 valence electrons. The number of benzene rings is 1. The van der Waals surface area contributed by atoms with Gasteiger partial charge in [0.1, 0.15) is 0 Å². The van der Waals surface area contributed by atoms with Crippen molar-refractivity contribution in [2.75, 3.05) is 0 Å². The predicted octanol–water partition coefficient (Wildman–Crippen LogP) is 1.73. The molecule has 0 saturated carbocycles. The van der Waals surface area contributed by atoms with Crippen LogP contribution in [0.2, 0.25) is 5.02 Å². The van der Waals surface area contributed by atoms with Crippen LogP contribution in [0, 0.1) is 20.2 Å². The molecule has 0 spiro atoms. The Morgan fingerprint density at radius 3 is 2.56 bits per heavy atom. The van der Waals surface area contributed by atoms with E-state index in [1.54, 1.807) is 0 Å². The Balaban J connectivity index is 2.94. The van der Waals surface area contributed by atoms with E-state index in [1.807, 2.05) is 0 Å². The van der Waals surface area contributed by atoms with Crippen LogP contribution in [0.1, 0.15) is 10.4 Å². The molecule has 0 unspecified atom stereocenters. The van der Waals surface area contributed by atoms with E-state index in [0.717, 1.165) is 18.3 Å². The fraction of sp³-hybridized carbons (Fsp3) is 0. The van der Waals surface area contributed by atoms with Crippen molar-refractivity contribution in [3.63, 3.8) is 0 Å². The number of nitrogens with one attached hydrogen (secondary N) is 1. The number of carbonyl (C=O) groups excluding carboxylic acids is 1. The maximum Gasteiger partial charge on any atom is 0.270 e. The molecule has 18 heavy (non-hydrogen) atoms. The third-order valence-corrected chi connectivity index (χ3v) is 2.15. The summed E-state index contributed by atoms with van der Waals surface area (Å²) in [7, 11) is 0. The van der Waals surface area contributed by atoms with Gasteiger partial charge < -0.3 is 5.32 Å². The average molecular weight is 272 g/mol. The number of hydrogen-bond acceptors (Lipinski definition) is 5. The van der Waals surface area contributed by atoms with Crippen LogP contribution in [0.15, 0.2) is 30.6 Å². The van der Waals surface area contributed by atoms with Gasteiger partial charge in [-0.1, -0.05) is 11.6 Å². The topological polar surface area (TPSA) is 115 Å². The van der Waals surface area contributed by atoms with Crippen LogP contribution >= 0.6 is 11.6 Å². The summed E-state index contributed by atoms with van der Waals surface area (Å²) in [6.07, 6.45) is 1.32. The van der Waals surface area contributed by atoms with Gasteiger partial charge in [-0.25, -0.2) is 0 Å². The maximum absolute atomic E-state index is 11.5. The fourth-order valence-electron chi connectivity index (χ4n) is 1.05. The van der Waals surface area contributed by atoms with Gasteiger partial charge in [-0.3, -0.25) is 25.0 Å². The Morgan fingerprint density at radius 2 is 2.00 bits per heavy atom. The smallest absolute Gasteiger partial charge is 0.270 e. The summed E-state index contributed by atoms with van der Waals surface area (Å²) in [5, 5.41) is 22.6. The molecular weight excluding hydrogens is 266 g/mol. The first-order valence-electron chi connectivity index (χ1n) is 4.47. The Morgan fingerprint density at radius 1 is 1.33 bits per heavy atom. The Labute approximate surface area is 105 Å². The molecular formula is C9H6ClN3O5. The van der Waals surface area contributed by atoms with Crippen LogP contribution in [0.3, 0.4) is 0 Å². The number of hydrogen-bond donors (Lipinski definition) is 1. The lowest BCUT2D eigenvalue weighted by Gasteiger charge is -2.02. The molecule has 0 radical (unpaired) electrons. The highest BCUT2D eigenvalue weighted by molar-refractivity contribution is 6.34. The van der Waals surface area contributed by atoms with Gasteiger partial charge >= 0.3 is 0 Å². The predicted molar refractivity (Wildman–Crippen MR) is 61.7 cm³/mol. The number of halogens is 1. The summed E-state index contributed by atoms with van der Waals surface area (Å²) < 4.78 is 0. The van der Waals surface area contributed by atoms with Crippen molar-refractivity contribution in [2.24, 2.45) is 0 Å². The van der Waals surface area contributed by atoms with Gasteiger partial charge in [-0.05, 0) is 6.07 Å². The zero-order valence-corrected chi connectivity index (χ0v) is 9.46. The first kappa shape index (κ1) is 13.6. The number of non-ortho nitro benzene ring substituents is 1. The van der Waals surface area contributed by atoms with E-state index in [2.05, 4.69) is 5.32 Å². The van der Waals surface area contributed by atoms with Gasteiger partial charge in [0.2, 0.25) is 6.20 Å². The van der Waals surface area contributed by atoms with E-state index in [1.165, 1.54) is 6.07 Å². The second-order valence-corrected chi connectivity index (χ2v) is 3.40. The summed E-state index contributed by atoms with van der Waals surface area (Å²) in [4.78, 5) is 30.6. The van der Waals surface area contributed by atoms with Crippen LogP contribution in [0.4, 0.5) is 5.69 Å². The molecule has 0 atom stereocenters. The molecule has 0 aliphatic carbocycles. The molecule has 1 aromatic rings. The van der Waals surface area contributed by atoms with E-state index in [-0.39, 0.29) is 16.3 Å². The molecule has 1 amide bonds. The SMILES string of the molecule is O=C(N/C=C\[N+](=O)[O-])c1cc([N+](=O)[O-])ccc1Cl. The molecule has 1 rings (SSSR count). The molecule has 0 fully saturated rings. The third kappa shape index (κ3) is 3.52. The molecule has 1 aromatic carbocycles. The number of nitro benzene ring substituents is 1. The largest absolute Gasteiger partial charge is 0.323 e. The molecule has 0 saturated heterocycles. The van der Waals surface area contributed by atoms with Crippen molar-refractivity contribution in [2.45, 2.75) is 0 Å². The van der Waals surface area contributed by atoms with Crippen molar-refractivity contribution in [3.05, 3.63) is 61.4 Å². The first-order valence-corrected chi connectivity index (χ1v) is 4.84. The van der Waals surface area contributed by atoms with Crippen molar-refractivity contribution >= 4 is 23.2 Å². The fourth-order valence-corrected chi connectivity index (χ4v) is 1.26. The molecule has 0 bridgehead atoms. The highest BCUT2D eigenvalue weighted by Crippen LogP contribution is 2.21. The number of amides is 1. The minimum absolute atomic E-state index is 0.00704. The zero-order chi connectivity index (χ0) is 13.7. The van der Waals surface area contributed by atoms with Gasteiger partial charge in [-0.2, -0.15) is 0 Å². The number of carbonyl (C=O) groups is 1. The van der Waals surface area contributed by atoms with E-state index < -0.39 is 15.8 Å². The van der Waals surface area contributed by atoms with Crippen LogP contribution in [0.25, 0.3) is 0 Å². The van der Waals surface area contributed by atoms with E-state index >= 15 is 0 Å². The van der Waals surface area contributed by atoms with Crippen LogP contribution in [-0.4, -0.2) is 15.8 Å². The molecule has 8 nitrogen and oxygen atoms in total. The van der Waals surface area contributed by atoms with Crippen molar-refractivity contribution < 1.29 is 14.6 Å². The maximum atomic E-state index is 11.5. The highest BCUT2D eigenvalue weighted by atomic mass is 35.5. The summed E-state index contributed by atoms with van der Waals surface area (Å²) in [5.41, 5.74) is -0.443. The molecule has 0 aliphatic rings. The summed E-state index contributed by atoms with van der Waals surface area (Å²) in [5.74, 6) is -0.776. The molecule has 9 heteroatoms. The molecule has 0 aromatic heterocycles. The standard InChI is InChI=1S/C9H6ClN3O5/c10-8-2-1-6(13(17)18)5-7(8)9(14)11-3-4-12(15)16/h1-5H,(H,11,14)/b4-3-. The average Bonchev–Trinajstić information content (AvgIpc) is 2.28. The number of rotatable bonds is 4. The highest BCUT2D eigenvalue weighted by Gasteiger charge is 2.15. The number of nitrogens with zero attached hydrogens (tertiary/aromatic N) is 2. The van der Waals surface area contributed by atoms with Crippen LogP contribution < -0.4 is 5.32 Å². The third-order valence-electron chi connectivity index (χ3n) is 1.82. The van der Waals surface area contributed by atoms with Gasteiger partial charge in [0.15, 0.2) is 0 Å².